The van der Waals surface area contributed by atoms with Crippen LogP contribution in [0.25, 0.3) is 43.2 Å². The summed E-state index contributed by atoms with van der Waals surface area (Å²) in [7, 11) is 0. The molecule has 0 unspecified atom stereocenters. The maximum atomic E-state index is 13.4. The largest absolute Gasteiger partial charge is 0.292 e. The van der Waals surface area contributed by atoms with E-state index in [1.54, 1.807) is 0 Å². The second-order valence-corrected chi connectivity index (χ2v) is 9.29. The van der Waals surface area contributed by atoms with E-state index < -0.39 is 0 Å². The van der Waals surface area contributed by atoms with Crippen molar-refractivity contribution in [3.63, 3.8) is 0 Å². The molecule has 0 spiro atoms. The molecule has 35 heavy (non-hydrogen) atoms. The van der Waals surface area contributed by atoms with E-state index in [0.29, 0.717) is 15.8 Å². The molecule has 0 saturated carbocycles. The van der Waals surface area contributed by atoms with Crippen molar-refractivity contribution in [1.82, 2.24) is 9.55 Å². The van der Waals surface area contributed by atoms with Gasteiger partial charge in [0, 0.05) is 16.5 Å². The number of carbonyl (C=O) groups excluding carboxylic acids is 1. The molecule has 0 saturated heterocycles. The smallest absolute Gasteiger partial charge is 0.263 e. The summed E-state index contributed by atoms with van der Waals surface area (Å²) < 4.78 is 1.41. The molecular weight excluding hydrogens is 452 g/mol. The second kappa shape index (κ2) is 8.78. The molecule has 2 heterocycles. The van der Waals surface area contributed by atoms with E-state index in [1.165, 1.54) is 22.2 Å². The lowest BCUT2D eigenvalue weighted by Crippen LogP contribution is -2.24. The molecule has 0 N–H and O–H groups in total. The van der Waals surface area contributed by atoms with Crippen molar-refractivity contribution in [2.24, 2.45) is 0 Å². The first kappa shape index (κ1) is 21.2. The molecule has 0 aliphatic rings. The van der Waals surface area contributed by atoms with E-state index in [4.69, 9.17) is 0 Å². The quantitative estimate of drug-likeness (QED) is 0.259. The Labute approximate surface area is 205 Å². The molecule has 6 rings (SSSR count). The second-order valence-electron chi connectivity index (χ2n) is 8.44. The highest BCUT2D eigenvalue weighted by atomic mass is 32.1. The number of nitrogens with zero attached hydrogens (tertiary/aromatic N) is 2. The van der Waals surface area contributed by atoms with Crippen molar-refractivity contribution in [3.05, 3.63) is 125 Å². The zero-order chi connectivity index (χ0) is 23.8. The van der Waals surface area contributed by atoms with Crippen molar-refractivity contribution in [2.45, 2.75) is 6.54 Å². The zero-order valence-electron chi connectivity index (χ0n) is 18.7. The molecule has 0 fully saturated rings. The maximum absolute atomic E-state index is 13.4. The molecule has 0 aliphatic carbocycles. The highest BCUT2D eigenvalue weighted by Crippen LogP contribution is 2.32. The molecule has 6 aromatic rings. The minimum absolute atomic E-state index is 0.0561. The predicted molar refractivity (Wildman–Crippen MR) is 143 cm³/mol. The van der Waals surface area contributed by atoms with E-state index in [1.807, 2.05) is 78.2 Å². The van der Waals surface area contributed by atoms with Crippen LogP contribution in [-0.2, 0) is 6.54 Å². The molecule has 5 heteroatoms. The van der Waals surface area contributed by atoms with E-state index in [0.717, 1.165) is 33.0 Å². The zero-order valence-corrected chi connectivity index (χ0v) is 19.5. The van der Waals surface area contributed by atoms with Gasteiger partial charge in [0.15, 0.2) is 5.78 Å². The molecule has 4 aromatic carbocycles. The highest BCUT2D eigenvalue weighted by Gasteiger charge is 2.16. The van der Waals surface area contributed by atoms with Crippen molar-refractivity contribution in [2.75, 3.05) is 0 Å². The third kappa shape index (κ3) is 3.96. The fourth-order valence-electron chi connectivity index (χ4n) is 4.37. The van der Waals surface area contributed by atoms with E-state index in [9.17, 15) is 9.59 Å². The van der Waals surface area contributed by atoms with E-state index in [-0.39, 0.29) is 17.9 Å². The van der Waals surface area contributed by atoms with Gasteiger partial charge in [-0.15, -0.1) is 11.3 Å². The lowest BCUT2D eigenvalue weighted by atomic mass is 10.0. The monoisotopic (exact) mass is 472 g/mol. The van der Waals surface area contributed by atoms with E-state index >= 15 is 0 Å². The summed E-state index contributed by atoms with van der Waals surface area (Å²) in [5, 5.41) is 4.79. The average Bonchev–Trinajstić information content (AvgIpc) is 3.35. The van der Waals surface area contributed by atoms with Gasteiger partial charge in [0.05, 0.1) is 18.3 Å². The lowest BCUT2D eigenvalue weighted by Gasteiger charge is -2.08. The number of thiophene rings is 1. The molecular formula is C30H20N2O2S. The van der Waals surface area contributed by atoms with Crippen LogP contribution in [0, 0.1) is 0 Å². The molecule has 0 radical (unpaired) electrons. The van der Waals surface area contributed by atoms with Gasteiger partial charge in [-0.2, -0.15) is 0 Å². The minimum atomic E-state index is -0.200. The Kier molecular flexibility index (Phi) is 5.32. The van der Waals surface area contributed by atoms with Gasteiger partial charge < -0.3 is 0 Å². The summed E-state index contributed by atoms with van der Waals surface area (Å²) in [4.78, 5) is 31.6. The number of fused-ring (bicyclic) bond motifs is 2. The fourth-order valence-corrected chi connectivity index (χ4v) is 5.28. The third-order valence-corrected chi connectivity index (χ3v) is 7.14. The van der Waals surface area contributed by atoms with Crippen LogP contribution in [0.5, 0.6) is 0 Å². The van der Waals surface area contributed by atoms with Crippen LogP contribution >= 0.6 is 11.3 Å². The van der Waals surface area contributed by atoms with Gasteiger partial charge in [0.1, 0.15) is 4.83 Å². The van der Waals surface area contributed by atoms with Gasteiger partial charge >= 0.3 is 0 Å². The number of benzene rings is 4. The van der Waals surface area contributed by atoms with Gasteiger partial charge in [0.2, 0.25) is 0 Å². The molecule has 0 amide bonds. The Morgan fingerprint density at radius 3 is 2.26 bits per heavy atom. The number of Topliss-reactive ketones (excluding diaryl/α,β-unsaturated/α-hetero) is 1. The molecule has 4 nitrogen and oxygen atoms in total. The summed E-state index contributed by atoms with van der Waals surface area (Å²) in [5.41, 5.74) is 4.32. The van der Waals surface area contributed by atoms with Gasteiger partial charge in [0.25, 0.3) is 5.56 Å². The summed E-state index contributed by atoms with van der Waals surface area (Å²) in [6.07, 6.45) is 1.47. The first-order valence-electron chi connectivity index (χ1n) is 11.3. The summed E-state index contributed by atoms with van der Waals surface area (Å²) >= 11 is 1.44. The molecule has 0 bridgehead atoms. The normalized spacial score (nSPS) is 11.2. The van der Waals surface area contributed by atoms with Gasteiger partial charge in [-0.1, -0.05) is 91.0 Å². The van der Waals surface area contributed by atoms with Crippen LogP contribution in [0.3, 0.4) is 0 Å². The number of hydrogen-bond acceptors (Lipinski definition) is 4. The Morgan fingerprint density at radius 2 is 1.46 bits per heavy atom. The number of hydrogen-bond donors (Lipinski definition) is 0. The highest BCUT2D eigenvalue weighted by molar-refractivity contribution is 7.17. The lowest BCUT2D eigenvalue weighted by molar-refractivity contribution is 0.0970. The molecule has 0 aliphatic heterocycles. The minimum Gasteiger partial charge on any atom is -0.292 e. The molecule has 0 atom stereocenters. The Bertz CT molecular complexity index is 1750. The van der Waals surface area contributed by atoms with Crippen molar-refractivity contribution in [1.29, 1.82) is 0 Å². The van der Waals surface area contributed by atoms with Crippen LogP contribution in [0.4, 0.5) is 0 Å². The Hall–Kier alpha value is -4.35. The van der Waals surface area contributed by atoms with Crippen LogP contribution < -0.4 is 5.56 Å². The van der Waals surface area contributed by atoms with Crippen molar-refractivity contribution in [3.8, 4) is 22.3 Å². The topological polar surface area (TPSA) is 52.0 Å². The van der Waals surface area contributed by atoms with E-state index in [2.05, 4.69) is 29.2 Å². The molecule has 168 valence electrons. The van der Waals surface area contributed by atoms with Crippen LogP contribution in [-0.4, -0.2) is 15.3 Å². The third-order valence-electron chi connectivity index (χ3n) is 6.25. The Morgan fingerprint density at radius 1 is 0.771 bits per heavy atom. The van der Waals surface area contributed by atoms with Crippen LogP contribution in [0.15, 0.2) is 114 Å². The predicted octanol–water partition coefficient (Wildman–Crippen LogP) is 6.83. The summed E-state index contributed by atoms with van der Waals surface area (Å²) in [6, 6.07) is 31.8. The van der Waals surface area contributed by atoms with Crippen LogP contribution in [0.1, 0.15) is 10.4 Å². The fraction of sp³-hybridized carbons (Fsp3) is 0.0333. The summed E-state index contributed by atoms with van der Waals surface area (Å²) in [6.45, 7) is -0.0561. The average molecular weight is 473 g/mol. The SMILES string of the molecule is O=C(Cn1cnc2scc(-c3ccc4ccccc4c3)c2c1=O)c1ccc(-c2ccccc2)cc1. The molecule has 2 aromatic heterocycles. The summed E-state index contributed by atoms with van der Waals surface area (Å²) in [5.74, 6) is -0.129. The maximum Gasteiger partial charge on any atom is 0.263 e. The number of ketones is 1. The number of carbonyl (C=O) groups is 1. The number of rotatable bonds is 5. The van der Waals surface area contributed by atoms with Gasteiger partial charge in [-0.05, 0) is 33.5 Å². The van der Waals surface area contributed by atoms with Crippen molar-refractivity contribution < 1.29 is 4.79 Å². The first-order valence-corrected chi connectivity index (χ1v) is 12.2. The first-order chi connectivity index (χ1) is 17.2. The number of aromatic nitrogens is 2. The van der Waals surface area contributed by atoms with Crippen molar-refractivity contribution >= 4 is 38.1 Å². The van der Waals surface area contributed by atoms with Crippen LogP contribution in [0.2, 0.25) is 0 Å². The van der Waals surface area contributed by atoms with Gasteiger partial charge in [-0.3, -0.25) is 14.2 Å². The standard InChI is InChI=1S/C30H20N2O2S/c33-27(23-13-10-22(11-14-23)20-6-2-1-3-7-20)17-32-19-31-29-28(30(32)34)26(18-35-29)25-15-12-21-8-4-5-9-24(21)16-25/h1-16,18-19H,17H2. The van der Waals surface area contributed by atoms with Gasteiger partial charge in [-0.25, -0.2) is 4.98 Å². The Balaban J connectivity index is 1.32.